The van der Waals surface area contributed by atoms with Gasteiger partial charge in [-0.3, -0.25) is 0 Å². The molecule has 2 aliphatic rings. The smallest absolute Gasteiger partial charge is 0.208 e. The lowest BCUT2D eigenvalue weighted by atomic mass is 9.87. The quantitative estimate of drug-likeness (QED) is 0.799. The lowest BCUT2D eigenvalue weighted by Crippen LogP contribution is -2.40. The minimum atomic E-state index is -3.63. The number of hydrogen-bond acceptors (Lipinski definition) is 4. The van der Waals surface area contributed by atoms with E-state index < -0.39 is 20.0 Å². The number of sulfonamides is 2. The molecular formula is C16H24N2O4S2. The summed E-state index contributed by atoms with van der Waals surface area (Å²) in [5.74, 6) is 0.316. The van der Waals surface area contributed by atoms with Crippen molar-refractivity contribution in [3.8, 4) is 0 Å². The summed E-state index contributed by atoms with van der Waals surface area (Å²) in [6.07, 6.45) is 5.75. The van der Waals surface area contributed by atoms with Crippen LogP contribution in [-0.4, -0.2) is 28.9 Å². The second-order valence-electron chi connectivity index (χ2n) is 6.86. The molecule has 0 aliphatic heterocycles. The molecule has 2 saturated carbocycles. The van der Waals surface area contributed by atoms with Crippen LogP contribution in [0.15, 0.2) is 34.1 Å². The Hall–Kier alpha value is -0.960. The van der Waals surface area contributed by atoms with Crippen LogP contribution in [0.5, 0.6) is 0 Å². The largest absolute Gasteiger partial charge is 0.240 e. The second-order valence-corrected chi connectivity index (χ2v) is 10.3. The highest BCUT2D eigenvalue weighted by Crippen LogP contribution is 2.26. The third kappa shape index (κ3) is 4.17. The maximum atomic E-state index is 12.5. The van der Waals surface area contributed by atoms with E-state index >= 15 is 0 Å². The van der Waals surface area contributed by atoms with Gasteiger partial charge in [0.25, 0.3) is 0 Å². The zero-order chi connectivity index (χ0) is 17.4. The van der Waals surface area contributed by atoms with Gasteiger partial charge in [-0.1, -0.05) is 19.8 Å². The molecule has 1 aromatic carbocycles. The summed E-state index contributed by atoms with van der Waals surface area (Å²) in [6.45, 7) is 2.06. The first-order valence-electron chi connectivity index (χ1n) is 8.43. The van der Waals surface area contributed by atoms with E-state index in [-0.39, 0.29) is 21.9 Å². The Morgan fingerprint density at radius 2 is 1.29 bits per heavy atom. The van der Waals surface area contributed by atoms with Crippen LogP contribution in [0, 0.1) is 5.92 Å². The molecule has 2 fully saturated rings. The lowest BCUT2D eigenvalue weighted by molar-refractivity contribution is 0.310. The fourth-order valence-electron chi connectivity index (χ4n) is 3.05. The van der Waals surface area contributed by atoms with E-state index in [1.807, 2.05) is 0 Å². The van der Waals surface area contributed by atoms with Gasteiger partial charge in [-0.05, 0) is 55.9 Å². The van der Waals surface area contributed by atoms with E-state index in [0.29, 0.717) is 5.92 Å². The standard InChI is InChI=1S/C16H24N2O4S2/c1-12-4-2-3-5-16(12)18-24(21,22)15-10-8-14(9-11-15)23(19,20)17-13-6-7-13/h8-13,16-18H,2-7H2,1H3/t12-,16+/m1/s1. The summed E-state index contributed by atoms with van der Waals surface area (Å²) < 4.78 is 54.6. The first-order valence-corrected chi connectivity index (χ1v) is 11.4. The zero-order valence-corrected chi connectivity index (χ0v) is 15.4. The summed E-state index contributed by atoms with van der Waals surface area (Å²) in [4.78, 5) is 0.199. The van der Waals surface area contributed by atoms with Crippen LogP contribution in [0.1, 0.15) is 45.4 Å². The maximum Gasteiger partial charge on any atom is 0.240 e. The molecule has 24 heavy (non-hydrogen) atoms. The molecule has 6 nitrogen and oxygen atoms in total. The van der Waals surface area contributed by atoms with Crippen molar-refractivity contribution in [2.24, 2.45) is 5.92 Å². The monoisotopic (exact) mass is 372 g/mol. The van der Waals surface area contributed by atoms with E-state index in [1.165, 1.54) is 24.3 Å². The molecule has 8 heteroatoms. The van der Waals surface area contributed by atoms with E-state index in [1.54, 1.807) is 0 Å². The van der Waals surface area contributed by atoms with Crippen molar-refractivity contribution in [1.29, 1.82) is 0 Å². The number of rotatable bonds is 6. The summed E-state index contributed by atoms with van der Waals surface area (Å²) >= 11 is 0. The highest BCUT2D eigenvalue weighted by molar-refractivity contribution is 7.90. The van der Waals surface area contributed by atoms with Crippen molar-refractivity contribution < 1.29 is 16.8 Å². The van der Waals surface area contributed by atoms with Crippen molar-refractivity contribution in [2.75, 3.05) is 0 Å². The van der Waals surface area contributed by atoms with Crippen LogP contribution < -0.4 is 9.44 Å². The molecule has 2 aliphatic carbocycles. The third-order valence-corrected chi connectivity index (χ3v) is 7.80. The summed E-state index contributed by atoms with van der Waals surface area (Å²) in [7, 11) is -7.19. The zero-order valence-electron chi connectivity index (χ0n) is 13.7. The van der Waals surface area contributed by atoms with Crippen molar-refractivity contribution in [1.82, 2.24) is 9.44 Å². The topological polar surface area (TPSA) is 92.3 Å². The highest BCUT2D eigenvalue weighted by atomic mass is 32.2. The molecule has 3 rings (SSSR count). The molecule has 0 radical (unpaired) electrons. The Morgan fingerprint density at radius 3 is 1.79 bits per heavy atom. The predicted molar refractivity (Wildman–Crippen MR) is 91.5 cm³/mol. The number of nitrogens with one attached hydrogen (secondary N) is 2. The molecule has 1 aromatic rings. The van der Waals surface area contributed by atoms with E-state index in [4.69, 9.17) is 0 Å². The normalized spacial score (nSPS) is 25.5. The Labute approximate surface area is 144 Å². The summed E-state index contributed by atoms with van der Waals surface area (Å²) in [6, 6.07) is 5.39. The first-order chi connectivity index (χ1) is 11.3. The van der Waals surface area contributed by atoms with Crippen LogP contribution in [0.3, 0.4) is 0 Å². The Kier molecular flexibility index (Phi) is 5.01. The van der Waals surface area contributed by atoms with Gasteiger partial charge in [-0.15, -0.1) is 0 Å². The average Bonchev–Trinajstić information content (AvgIpc) is 3.33. The molecule has 134 valence electrons. The fourth-order valence-corrected chi connectivity index (χ4v) is 5.73. The summed E-state index contributed by atoms with van der Waals surface area (Å²) in [5.41, 5.74) is 0. The van der Waals surface area contributed by atoms with Gasteiger partial charge in [-0.2, -0.15) is 0 Å². The molecule has 2 N–H and O–H groups in total. The first kappa shape index (κ1) is 17.8. The molecule has 0 spiro atoms. The van der Waals surface area contributed by atoms with Crippen LogP contribution in [0.25, 0.3) is 0 Å². The minimum absolute atomic E-state index is 0.0212. The van der Waals surface area contributed by atoms with Gasteiger partial charge in [0.1, 0.15) is 0 Å². The van der Waals surface area contributed by atoms with Crippen molar-refractivity contribution in [3.05, 3.63) is 24.3 Å². The predicted octanol–water partition coefficient (Wildman–Crippen LogP) is 1.98. The molecule has 0 unspecified atom stereocenters. The maximum absolute atomic E-state index is 12.5. The molecule has 2 atom stereocenters. The van der Waals surface area contributed by atoms with Gasteiger partial charge in [-0.25, -0.2) is 26.3 Å². The Bertz CT molecular complexity index is 784. The highest BCUT2D eigenvalue weighted by Gasteiger charge is 2.29. The van der Waals surface area contributed by atoms with Gasteiger partial charge in [0, 0.05) is 12.1 Å². The second kappa shape index (κ2) is 6.74. The SMILES string of the molecule is C[C@@H]1CCCC[C@@H]1NS(=O)(=O)c1ccc(S(=O)(=O)NC2CC2)cc1. The van der Waals surface area contributed by atoms with Crippen molar-refractivity contribution >= 4 is 20.0 Å². The number of hydrogen-bond donors (Lipinski definition) is 2. The average molecular weight is 373 g/mol. The minimum Gasteiger partial charge on any atom is -0.208 e. The Morgan fingerprint density at radius 1 is 0.792 bits per heavy atom. The van der Waals surface area contributed by atoms with Crippen LogP contribution in [0.4, 0.5) is 0 Å². The molecular weight excluding hydrogens is 348 g/mol. The van der Waals surface area contributed by atoms with Gasteiger partial charge in [0.05, 0.1) is 9.79 Å². The van der Waals surface area contributed by atoms with Crippen LogP contribution >= 0.6 is 0 Å². The molecule has 0 aromatic heterocycles. The molecule has 0 heterocycles. The molecule has 0 bridgehead atoms. The molecule has 0 saturated heterocycles. The van der Waals surface area contributed by atoms with Gasteiger partial charge in [0.15, 0.2) is 0 Å². The van der Waals surface area contributed by atoms with Crippen molar-refractivity contribution in [3.63, 3.8) is 0 Å². The van der Waals surface area contributed by atoms with Crippen molar-refractivity contribution in [2.45, 2.75) is 67.3 Å². The van der Waals surface area contributed by atoms with Crippen LogP contribution in [0.2, 0.25) is 0 Å². The van der Waals surface area contributed by atoms with E-state index in [0.717, 1.165) is 38.5 Å². The lowest BCUT2D eigenvalue weighted by Gasteiger charge is -2.29. The van der Waals surface area contributed by atoms with E-state index in [9.17, 15) is 16.8 Å². The molecule has 0 amide bonds. The van der Waals surface area contributed by atoms with Gasteiger partial charge in [0.2, 0.25) is 20.0 Å². The van der Waals surface area contributed by atoms with Gasteiger partial charge < -0.3 is 0 Å². The van der Waals surface area contributed by atoms with Crippen LogP contribution in [-0.2, 0) is 20.0 Å². The number of benzene rings is 1. The Balaban J connectivity index is 1.74. The van der Waals surface area contributed by atoms with E-state index in [2.05, 4.69) is 16.4 Å². The van der Waals surface area contributed by atoms with Gasteiger partial charge >= 0.3 is 0 Å². The summed E-state index contributed by atoms with van der Waals surface area (Å²) in [5, 5.41) is 0. The fraction of sp³-hybridized carbons (Fsp3) is 0.625. The third-order valence-electron chi connectivity index (χ3n) is 4.76.